The van der Waals surface area contributed by atoms with E-state index in [4.69, 9.17) is 4.74 Å². The van der Waals surface area contributed by atoms with E-state index in [1.807, 2.05) is 0 Å². The van der Waals surface area contributed by atoms with E-state index in [1.165, 1.54) is 38.0 Å². The van der Waals surface area contributed by atoms with Crippen LogP contribution in [0.3, 0.4) is 0 Å². The van der Waals surface area contributed by atoms with Crippen molar-refractivity contribution < 1.29 is 9.53 Å². The van der Waals surface area contributed by atoms with Crippen LogP contribution in [0.25, 0.3) is 0 Å². The van der Waals surface area contributed by atoms with E-state index in [-0.39, 0.29) is 17.9 Å². The number of benzene rings is 1. The van der Waals surface area contributed by atoms with Gasteiger partial charge in [0, 0.05) is 31.7 Å². The van der Waals surface area contributed by atoms with E-state index >= 15 is 0 Å². The third kappa shape index (κ3) is 6.03. The second-order valence-electron chi connectivity index (χ2n) is 9.00. The van der Waals surface area contributed by atoms with Crippen molar-refractivity contribution in [1.29, 1.82) is 0 Å². The van der Waals surface area contributed by atoms with Gasteiger partial charge in [-0.3, -0.25) is 4.79 Å². The van der Waals surface area contributed by atoms with Crippen molar-refractivity contribution in [2.75, 3.05) is 45.9 Å². The number of amides is 1. The largest absolute Gasteiger partial charge is 0.376 e. The Morgan fingerprint density at radius 2 is 1.76 bits per heavy atom. The van der Waals surface area contributed by atoms with E-state index in [2.05, 4.69) is 45.4 Å². The second kappa shape index (κ2) is 10.6. The highest BCUT2D eigenvalue weighted by molar-refractivity contribution is 5.78. The highest BCUT2D eigenvalue weighted by Gasteiger charge is 2.31. The fourth-order valence-electron chi connectivity index (χ4n) is 5.13. The van der Waals surface area contributed by atoms with Crippen LogP contribution < -0.4 is 5.32 Å². The van der Waals surface area contributed by atoms with Crippen LogP contribution >= 0.6 is 0 Å². The van der Waals surface area contributed by atoms with Gasteiger partial charge in [0.1, 0.15) is 0 Å². The minimum atomic E-state index is 0.193. The van der Waals surface area contributed by atoms with Crippen LogP contribution in [-0.2, 0) is 16.0 Å². The van der Waals surface area contributed by atoms with Gasteiger partial charge in [-0.25, -0.2) is 0 Å². The fraction of sp³-hybridized carbons (Fsp3) is 0.708. The molecule has 29 heavy (non-hydrogen) atoms. The van der Waals surface area contributed by atoms with Gasteiger partial charge in [-0.05, 0) is 76.7 Å². The molecule has 5 nitrogen and oxygen atoms in total. The molecule has 3 aliphatic heterocycles. The van der Waals surface area contributed by atoms with Crippen LogP contribution in [-0.4, -0.2) is 73.7 Å². The molecule has 0 bridgehead atoms. The number of nitrogens with one attached hydrogen (secondary N) is 1. The van der Waals surface area contributed by atoms with Crippen LogP contribution in [0.2, 0.25) is 0 Å². The number of ether oxygens (including phenoxy) is 1. The molecular weight excluding hydrogens is 362 g/mol. The summed E-state index contributed by atoms with van der Waals surface area (Å²) in [5, 5.41) is 3.13. The average Bonchev–Trinajstić information content (AvgIpc) is 3.31. The molecule has 3 fully saturated rings. The molecule has 3 aliphatic rings. The normalized spacial score (nSPS) is 25.3. The highest BCUT2D eigenvalue weighted by atomic mass is 16.5. The number of piperidine rings is 2. The smallest absolute Gasteiger partial charge is 0.223 e. The van der Waals surface area contributed by atoms with Crippen molar-refractivity contribution in [1.82, 2.24) is 15.1 Å². The minimum absolute atomic E-state index is 0.193. The third-order valence-electron chi connectivity index (χ3n) is 7.06. The summed E-state index contributed by atoms with van der Waals surface area (Å²) in [6.45, 7) is 7.28. The number of rotatable bonds is 7. The van der Waals surface area contributed by atoms with Gasteiger partial charge in [0.25, 0.3) is 0 Å². The van der Waals surface area contributed by atoms with E-state index in [1.54, 1.807) is 0 Å². The Hall–Kier alpha value is -1.43. The van der Waals surface area contributed by atoms with Gasteiger partial charge in [0.2, 0.25) is 5.91 Å². The zero-order chi connectivity index (χ0) is 19.9. The van der Waals surface area contributed by atoms with Crippen LogP contribution in [0.4, 0.5) is 0 Å². The van der Waals surface area contributed by atoms with Crippen LogP contribution in [0.5, 0.6) is 0 Å². The maximum absolute atomic E-state index is 12.5. The quantitative estimate of drug-likeness (QED) is 0.766. The van der Waals surface area contributed by atoms with Gasteiger partial charge >= 0.3 is 0 Å². The van der Waals surface area contributed by atoms with Gasteiger partial charge in [0.15, 0.2) is 0 Å². The first-order chi connectivity index (χ1) is 14.3. The van der Waals surface area contributed by atoms with Gasteiger partial charge in [-0.2, -0.15) is 0 Å². The molecule has 0 aromatic heterocycles. The molecule has 1 atom stereocenters. The zero-order valence-electron chi connectivity index (χ0n) is 17.7. The molecule has 1 unspecified atom stereocenters. The molecule has 3 saturated heterocycles. The van der Waals surface area contributed by atoms with Crippen molar-refractivity contribution in [3.05, 3.63) is 35.9 Å². The van der Waals surface area contributed by atoms with Gasteiger partial charge in [0.05, 0.1) is 6.10 Å². The number of likely N-dealkylation sites (tertiary alicyclic amines) is 2. The molecule has 0 radical (unpaired) electrons. The first-order valence-electron chi connectivity index (χ1n) is 11.7. The van der Waals surface area contributed by atoms with Crippen molar-refractivity contribution in [3.8, 4) is 0 Å². The molecule has 0 saturated carbocycles. The molecule has 5 heteroatoms. The second-order valence-corrected chi connectivity index (χ2v) is 9.00. The summed E-state index contributed by atoms with van der Waals surface area (Å²) in [7, 11) is 0. The maximum atomic E-state index is 12.5. The standard InChI is InChI=1S/C24H37N3O2/c28-24(25-19-23-7-4-18-29-23)21-9-16-27(17-10-21)22-11-14-26(15-12-22)13-8-20-5-2-1-3-6-20/h1-3,5-6,21-23H,4,7-19H2,(H,25,28). The monoisotopic (exact) mass is 399 g/mol. The molecule has 160 valence electrons. The molecular formula is C24H37N3O2. The van der Waals surface area contributed by atoms with Crippen molar-refractivity contribution in [3.63, 3.8) is 0 Å². The molecule has 1 aromatic rings. The van der Waals surface area contributed by atoms with Gasteiger partial charge in [-0.15, -0.1) is 0 Å². The Morgan fingerprint density at radius 1 is 1.00 bits per heavy atom. The first-order valence-corrected chi connectivity index (χ1v) is 11.7. The Bertz CT molecular complexity index is 616. The molecule has 1 N–H and O–H groups in total. The Morgan fingerprint density at radius 3 is 2.45 bits per heavy atom. The number of hydrogen-bond donors (Lipinski definition) is 1. The Labute approximate surface area is 175 Å². The van der Waals surface area contributed by atoms with Crippen molar-refractivity contribution in [2.24, 2.45) is 5.92 Å². The van der Waals surface area contributed by atoms with Crippen LogP contribution in [0.1, 0.15) is 44.1 Å². The highest BCUT2D eigenvalue weighted by Crippen LogP contribution is 2.24. The topological polar surface area (TPSA) is 44.8 Å². The van der Waals surface area contributed by atoms with Crippen molar-refractivity contribution >= 4 is 5.91 Å². The lowest BCUT2D eigenvalue weighted by atomic mass is 9.92. The minimum Gasteiger partial charge on any atom is -0.376 e. The third-order valence-corrected chi connectivity index (χ3v) is 7.06. The summed E-state index contributed by atoms with van der Waals surface area (Å²) in [4.78, 5) is 17.7. The number of carbonyl (C=O) groups excluding carboxylic acids is 1. The number of nitrogens with zero attached hydrogens (tertiary/aromatic N) is 2. The lowest BCUT2D eigenvalue weighted by Gasteiger charge is -2.41. The van der Waals surface area contributed by atoms with Gasteiger partial charge in [-0.1, -0.05) is 30.3 Å². The molecule has 0 aliphatic carbocycles. The fourth-order valence-corrected chi connectivity index (χ4v) is 5.13. The molecule has 0 spiro atoms. The maximum Gasteiger partial charge on any atom is 0.223 e. The molecule has 3 heterocycles. The summed E-state index contributed by atoms with van der Waals surface area (Å²) in [5.74, 6) is 0.439. The van der Waals surface area contributed by atoms with E-state index in [9.17, 15) is 4.79 Å². The average molecular weight is 400 g/mol. The summed E-state index contributed by atoms with van der Waals surface area (Å²) in [6, 6.07) is 11.5. The summed E-state index contributed by atoms with van der Waals surface area (Å²) in [5.41, 5.74) is 1.44. The SMILES string of the molecule is O=C(NCC1CCCO1)C1CCN(C2CCN(CCc3ccccc3)CC2)CC1. The van der Waals surface area contributed by atoms with E-state index < -0.39 is 0 Å². The first kappa shape index (κ1) is 20.8. The summed E-state index contributed by atoms with van der Waals surface area (Å²) in [6.07, 6.45) is 8.16. The van der Waals surface area contributed by atoms with Crippen molar-refractivity contribution in [2.45, 2.75) is 57.1 Å². The summed E-state index contributed by atoms with van der Waals surface area (Å²) < 4.78 is 5.61. The lowest BCUT2D eigenvalue weighted by Crippen LogP contribution is -2.49. The zero-order valence-corrected chi connectivity index (χ0v) is 17.7. The lowest BCUT2D eigenvalue weighted by molar-refractivity contribution is -0.127. The van der Waals surface area contributed by atoms with E-state index in [0.29, 0.717) is 12.6 Å². The molecule has 4 rings (SSSR count). The predicted molar refractivity (Wildman–Crippen MR) is 116 cm³/mol. The molecule has 1 aromatic carbocycles. The van der Waals surface area contributed by atoms with Crippen LogP contribution in [0.15, 0.2) is 30.3 Å². The molecule has 1 amide bonds. The summed E-state index contributed by atoms with van der Waals surface area (Å²) >= 11 is 0. The predicted octanol–water partition coefficient (Wildman–Crippen LogP) is 2.70. The number of hydrogen-bond acceptors (Lipinski definition) is 4. The van der Waals surface area contributed by atoms with Crippen LogP contribution in [0, 0.1) is 5.92 Å². The van der Waals surface area contributed by atoms with Gasteiger partial charge < -0.3 is 19.9 Å². The Balaban J connectivity index is 1.12. The van der Waals surface area contributed by atoms with E-state index in [0.717, 1.165) is 51.8 Å². The number of carbonyl (C=O) groups is 1. The Kier molecular flexibility index (Phi) is 7.58.